The highest BCUT2D eigenvalue weighted by Gasteiger charge is 2.54. The molecule has 0 aromatic rings. The second-order valence-electron chi connectivity index (χ2n) is 3.75. The Labute approximate surface area is 86.8 Å². The Morgan fingerprint density at radius 2 is 1.93 bits per heavy atom. The number of nitrogens with two attached hydrogens (primary N) is 1. The molecule has 15 heavy (non-hydrogen) atoms. The fourth-order valence-electron chi connectivity index (χ4n) is 1.08. The number of Topliss-reactive ketones (excluding diaryl/α,β-unsaturated/α-hetero) is 1. The number of alkyl halides is 3. The van der Waals surface area contributed by atoms with Crippen molar-refractivity contribution in [3.63, 3.8) is 0 Å². The van der Waals surface area contributed by atoms with Crippen molar-refractivity contribution >= 4 is 5.78 Å². The molecule has 0 aromatic heterocycles. The van der Waals surface area contributed by atoms with Crippen LogP contribution in [0.3, 0.4) is 0 Å². The van der Waals surface area contributed by atoms with Gasteiger partial charge >= 0.3 is 6.18 Å². The number of rotatable bonds is 5. The van der Waals surface area contributed by atoms with Crippen molar-refractivity contribution in [2.24, 2.45) is 11.7 Å². The normalized spacial score (nSPS) is 18.3. The van der Waals surface area contributed by atoms with E-state index in [2.05, 4.69) is 4.74 Å². The highest BCUT2D eigenvalue weighted by molar-refractivity contribution is 5.90. The van der Waals surface area contributed by atoms with Crippen LogP contribution < -0.4 is 5.73 Å². The fraction of sp³-hybridized carbons (Fsp3) is 0.889. The Hall–Kier alpha value is -0.620. The van der Waals surface area contributed by atoms with Crippen molar-refractivity contribution in [2.75, 3.05) is 13.7 Å². The smallest absolute Gasteiger partial charge is 0.385 e. The average Bonchev–Trinajstić information content (AvgIpc) is 2.10. The van der Waals surface area contributed by atoms with Crippen LogP contribution in [-0.4, -0.2) is 31.2 Å². The van der Waals surface area contributed by atoms with E-state index in [9.17, 15) is 18.0 Å². The first-order chi connectivity index (χ1) is 6.64. The van der Waals surface area contributed by atoms with E-state index >= 15 is 0 Å². The van der Waals surface area contributed by atoms with E-state index in [0.29, 0.717) is 6.92 Å². The van der Waals surface area contributed by atoms with Gasteiger partial charge < -0.3 is 10.5 Å². The molecular weight excluding hydrogens is 211 g/mol. The average molecular weight is 227 g/mol. The zero-order valence-electron chi connectivity index (χ0n) is 9.02. The molecule has 0 spiro atoms. The van der Waals surface area contributed by atoms with Gasteiger partial charge in [-0.15, -0.1) is 0 Å². The summed E-state index contributed by atoms with van der Waals surface area (Å²) in [4.78, 5) is 11.4. The number of carbonyl (C=O) groups is 1. The van der Waals surface area contributed by atoms with Gasteiger partial charge in [0, 0.05) is 19.6 Å². The minimum Gasteiger partial charge on any atom is -0.385 e. The maximum absolute atomic E-state index is 12.4. The lowest BCUT2D eigenvalue weighted by atomic mass is 9.87. The topological polar surface area (TPSA) is 52.3 Å². The van der Waals surface area contributed by atoms with Gasteiger partial charge in [-0.3, -0.25) is 4.79 Å². The molecule has 90 valence electrons. The second kappa shape index (κ2) is 4.94. The van der Waals surface area contributed by atoms with Crippen LogP contribution in [0, 0.1) is 5.92 Å². The Balaban J connectivity index is 4.56. The molecule has 0 aromatic carbocycles. The molecule has 0 aliphatic heterocycles. The first-order valence-corrected chi connectivity index (χ1v) is 4.53. The van der Waals surface area contributed by atoms with Crippen molar-refractivity contribution in [2.45, 2.75) is 32.0 Å². The summed E-state index contributed by atoms with van der Waals surface area (Å²) in [6.45, 7) is 2.34. The summed E-state index contributed by atoms with van der Waals surface area (Å²) in [6.07, 6.45) is -4.48. The van der Waals surface area contributed by atoms with Crippen LogP contribution in [0.2, 0.25) is 0 Å². The van der Waals surface area contributed by atoms with Gasteiger partial charge in [-0.2, -0.15) is 13.2 Å². The summed E-state index contributed by atoms with van der Waals surface area (Å²) in [5.41, 5.74) is 2.22. The Morgan fingerprint density at radius 3 is 2.27 bits per heavy atom. The van der Waals surface area contributed by atoms with Gasteiger partial charge in [0.2, 0.25) is 0 Å². The van der Waals surface area contributed by atoms with Gasteiger partial charge in [0.15, 0.2) is 11.3 Å². The molecule has 2 N–H and O–H groups in total. The number of carbonyl (C=O) groups excluding carboxylic acids is 1. The predicted molar refractivity (Wildman–Crippen MR) is 49.3 cm³/mol. The summed E-state index contributed by atoms with van der Waals surface area (Å²) in [5, 5.41) is 0. The lowest BCUT2D eigenvalue weighted by Gasteiger charge is -2.28. The van der Waals surface area contributed by atoms with E-state index in [0.717, 1.165) is 0 Å². The van der Waals surface area contributed by atoms with E-state index in [1.807, 2.05) is 0 Å². The van der Waals surface area contributed by atoms with Crippen LogP contribution in [0.1, 0.15) is 20.3 Å². The highest BCUT2D eigenvalue weighted by atomic mass is 19.4. The minimum absolute atomic E-state index is 0.234. The Morgan fingerprint density at radius 1 is 1.47 bits per heavy atom. The number of hydrogen-bond donors (Lipinski definition) is 1. The molecule has 0 fully saturated rings. The number of ether oxygens (including phenoxy) is 1. The Kier molecular flexibility index (Phi) is 4.73. The summed E-state index contributed by atoms with van der Waals surface area (Å²) in [7, 11) is 1.42. The molecule has 0 amide bonds. The van der Waals surface area contributed by atoms with Gasteiger partial charge in [0.05, 0.1) is 0 Å². The van der Waals surface area contributed by atoms with E-state index in [4.69, 9.17) is 5.73 Å². The van der Waals surface area contributed by atoms with Crippen molar-refractivity contribution in [3.8, 4) is 0 Å². The number of halogens is 3. The van der Waals surface area contributed by atoms with Gasteiger partial charge in [0.1, 0.15) is 0 Å². The lowest BCUT2D eigenvalue weighted by molar-refractivity contribution is -0.188. The zero-order chi connectivity index (χ0) is 12.3. The van der Waals surface area contributed by atoms with Crippen molar-refractivity contribution in [3.05, 3.63) is 0 Å². The molecule has 2 unspecified atom stereocenters. The zero-order valence-corrected chi connectivity index (χ0v) is 9.02. The number of hydrogen-bond acceptors (Lipinski definition) is 3. The van der Waals surface area contributed by atoms with Crippen LogP contribution >= 0.6 is 0 Å². The first kappa shape index (κ1) is 14.4. The van der Waals surface area contributed by atoms with Crippen molar-refractivity contribution in [1.29, 1.82) is 0 Å². The van der Waals surface area contributed by atoms with Crippen LogP contribution in [0.25, 0.3) is 0 Å². The van der Waals surface area contributed by atoms with Crippen molar-refractivity contribution in [1.82, 2.24) is 0 Å². The van der Waals surface area contributed by atoms with Gasteiger partial charge in [-0.05, 0) is 13.3 Å². The Bertz CT molecular complexity index is 226. The quantitative estimate of drug-likeness (QED) is 0.774. The first-order valence-electron chi connectivity index (χ1n) is 4.53. The second-order valence-corrected chi connectivity index (χ2v) is 3.75. The third kappa shape index (κ3) is 3.46. The summed E-state index contributed by atoms with van der Waals surface area (Å²) >= 11 is 0. The molecule has 6 heteroatoms. The molecule has 0 saturated heterocycles. The molecule has 0 saturated carbocycles. The van der Waals surface area contributed by atoms with Gasteiger partial charge in [-0.25, -0.2) is 0 Å². The van der Waals surface area contributed by atoms with Crippen LogP contribution in [0.4, 0.5) is 13.2 Å². The molecule has 3 nitrogen and oxygen atoms in total. The number of ketones is 1. The monoisotopic (exact) mass is 227 g/mol. The molecule has 0 rings (SSSR count). The lowest BCUT2D eigenvalue weighted by Crippen LogP contribution is -2.58. The maximum atomic E-state index is 12.4. The molecule has 0 aliphatic rings. The highest BCUT2D eigenvalue weighted by Crippen LogP contribution is 2.31. The molecule has 2 atom stereocenters. The standard InChI is InChI=1S/C9H16F3NO2/c1-6(4-5-15-3)7(14)8(2,13)9(10,11)12/h6H,4-5,13H2,1-3H3. The summed E-state index contributed by atoms with van der Waals surface area (Å²) in [6, 6.07) is 0. The third-order valence-electron chi connectivity index (χ3n) is 2.30. The molecular formula is C9H16F3NO2. The summed E-state index contributed by atoms with van der Waals surface area (Å²) in [5.74, 6) is -1.77. The predicted octanol–water partition coefficient (Wildman–Crippen LogP) is 1.51. The van der Waals surface area contributed by atoms with Crippen LogP contribution in [0.5, 0.6) is 0 Å². The minimum atomic E-state index is -4.72. The fourth-order valence-corrected chi connectivity index (χ4v) is 1.08. The van der Waals surface area contributed by atoms with E-state index in [-0.39, 0.29) is 13.0 Å². The third-order valence-corrected chi connectivity index (χ3v) is 2.30. The SMILES string of the molecule is COCCC(C)C(=O)C(C)(N)C(F)(F)F. The molecule has 0 aliphatic carbocycles. The number of methoxy groups -OCH3 is 1. The molecule has 0 heterocycles. The van der Waals surface area contributed by atoms with Gasteiger partial charge in [0.25, 0.3) is 0 Å². The summed E-state index contributed by atoms with van der Waals surface area (Å²) < 4.78 is 41.9. The largest absolute Gasteiger partial charge is 0.413 e. The van der Waals surface area contributed by atoms with Gasteiger partial charge in [-0.1, -0.05) is 6.92 Å². The molecule has 0 radical (unpaired) electrons. The van der Waals surface area contributed by atoms with Crippen LogP contribution in [0.15, 0.2) is 0 Å². The van der Waals surface area contributed by atoms with Crippen LogP contribution in [-0.2, 0) is 9.53 Å². The van der Waals surface area contributed by atoms with Crippen molar-refractivity contribution < 1.29 is 22.7 Å². The molecule has 0 bridgehead atoms. The van der Waals surface area contributed by atoms with E-state index < -0.39 is 23.4 Å². The van der Waals surface area contributed by atoms with E-state index in [1.165, 1.54) is 14.0 Å². The maximum Gasteiger partial charge on any atom is 0.413 e. The van der Waals surface area contributed by atoms with E-state index in [1.54, 1.807) is 0 Å².